The number of imidazole rings is 1. The summed E-state index contributed by atoms with van der Waals surface area (Å²) >= 11 is 3.46. The molecule has 2 heterocycles. The van der Waals surface area contributed by atoms with E-state index in [9.17, 15) is 9.59 Å². The molecule has 0 unspecified atom stereocenters. The van der Waals surface area contributed by atoms with Gasteiger partial charge in [0.05, 0.1) is 19.1 Å². The van der Waals surface area contributed by atoms with Gasteiger partial charge in [-0.3, -0.25) is 0 Å². The van der Waals surface area contributed by atoms with Gasteiger partial charge in [-0.2, -0.15) is 0 Å². The number of hydrogen-bond donors (Lipinski definition) is 2. The molecular formula is C23H23BrN4O3. The number of methoxy groups -OCH3 is 1. The zero-order chi connectivity index (χ0) is 21.8. The van der Waals surface area contributed by atoms with E-state index in [1.807, 2.05) is 54.6 Å². The van der Waals surface area contributed by atoms with E-state index in [-0.39, 0.29) is 12.1 Å². The van der Waals surface area contributed by atoms with Gasteiger partial charge in [0.25, 0.3) is 0 Å². The number of nitrogens with one attached hydrogen (secondary N) is 2. The molecule has 31 heavy (non-hydrogen) atoms. The van der Waals surface area contributed by atoms with E-state index in [1.165, 1.54) is 7.11 Å². The van der Waals surface area contributed by atoms with Crippen LogP contribution in [0, 0.1) is 0 Å². The number of ether oxygens (including phenoxy) is 1. The van der Waals surface area contributed by atoms with Gasteiger partial charge in [-0.05, 0) is 23.3 Å². The van der Waals surface area contributed by atoms with Gasteiger partial charge in [0.1, 0.15) is 12.1 Å². The second kappa shape index (κ2) is 9.34. The molecule has 1 aliphatic heterocycles. The topological polar surface area (TPSA) is 87.3 Å². The van der Waals surface area contributed by atoms with E-state index in [0.717, 1.165) is 27.0 Å². The van der Waals surface area contributed by atoms with Crippen molar-refractivity contribution in [2.24, 2.45) is 0 Å². The lowest BCUT2D eigenvalue weighted by molar-refractivity contribution is -0.142. The van der Waals surface area contributed by atoms with E-state index < -0.39 is 12.0 Å². The average Bonchev–Trinajstić information content (AvgIpc) is 3.27. The molecule has 0 bridgehead atoms. The number of benzene rings is 2. The number of carbonyl (C=O) groups excluding carboxylic acids is 2. The Morgan fingerprint density at radius 1 is 1.23 bits per heavy atom. The number of halogens is 1. The van der Waals surface area contributed by atoms with Gasteiger partial charge >= 0.3 is 12.0 Å². The molecule has 0 spiro atoms. The Kier molecular flexibility index (Phi) is 6.36. The molecule has 2 aromatic carbocycles. The maximum absolute atomic E-state index is 13.4. The molecule has 0 aliphatic carbocycles. The van der Waals surface area contributed by atoms with Crippen molar-refractivity contribution >= 4 is 27.9 Å². The molecule has 1 aliphatic rings. The van der Waals surface area contributed by atoms with Crippen LogP contribution >= 0.6 is 15.9 Å². The number of aromatic amines is 1. The standard InChI is InChI=1S/C23H23BrN4O3/c1-31-22(29)19(13-15-5-3-2-4-6-15)27-23(30)28-12-11-18-20(26-14-25-18)21(28)16-7-9-17(24)10-8-16/h2-10,14,19,21H,11-13H2,1H3,(H,25,26)(H,27,30)/t19-,21-/m1/s1. The summed E-state index contributed by atoms with van der Waals surface area (Å²) < 4.78 is 5.90. The van der Waals surface area contributed by atoms with Crippen LogP contribution in [0.4, 0.5) is 4.79 Å². The minimum absolute atomic E-state index is 0.326. The number of nitrogens with zero attached hydrogens (tertiary/aromatic N) is 2. The Morgan fingerprint density at radius 2 is 1.97 bits per heavy atom. The van der Waals surface area contributed by atoms with Gasteiger partial charge in [0.2, 0.25) is 0 Å². The van der Waals surface area contributed by atoms with Gasteiger partial charge in [-0.25, -0.2) is 14.6 Å². The quantitative estimate of drug-likeness (QED) is 0.543. The van der Waals surface area contributed by atoms with Crippen molar-refractivity contribution in [2.45, 2.75) is 24.9 Å². The van der Waals surface area contributed by atoms with Gasteiger partial charge in [-0.15, -0.1) is 0 Å². The number of fused-ring (bicyclic) bond motifs is 1. The minimum atomic E-state index is -0.786. The summed E-state index contributed by atoms with van der Waals surface area (Å²) in [7, 11) is 1.33. The van der Waals surface area contributed by atoms with E-state index in [2.05, 4.69) is 31.2 Å². The fraction of sp³-hybridized carbons (Fsp3) is 0.261. The van der Waals surface area contributed by atoms with E-state index in [1.54, 1.807) is 11.2 Å². The van der Waals surface area contributed by atoms with Crippen LogP contribution < -0.4 is 5.32 Å². The Morgan fingerprint density at radius 3 is 2.68 bits per heavy atom. The third kappa shape index (κ3) is 4.64. The fourth-order valence-corrected chi connectivity index (χ4v) is 4.16. The molecule has 1 aromatic heterocycles. The average molecular weight is 483 g/mol. The first-order valence-corrected chi connectivity index (χ1v) is 10.8. The summed E-state index contributed by atoms with van der Waals surface area (Å²) in [6, 6.07) is 15.9. The molecule has 0 radical (unpaired) electrons. The third-order valence-electron chi connectivity index (χ3n) is 5.44. The first kappa shape index (κ1) is 21.1. The first-order valence-electron chi connectivity index (χ1n) is 10.0. The molecule has 0 saturated carbocycles. The van der Waals surface area contributed by atoms with Crippen LogP contribution in [-0.2, 0) is 22.4 Å². The largest absolute Gasteiger partial charge is 0.467 e. The second-order valence-corrected chi connectivity index (χ2v) is 8.29. The van der Waals surface area contributed by atoms with Crippen LogP contribution in [0.25, 0.3) is 0 Å². The fourth-order valence-electron chi connectivity index (χ4n) is 3.90. The number of hydrogen-bond acceptors (Lipinski definition) is 4. The molecule has 160 valence electrons. The van der Waals surface area contributed by atoms with Crippen LogP contribution in [0.3, 0.4) is 0 Å². The van der Waals surface area contributed by atoms with Gasteiger partial charge in [-0.1, -0.05) is 58.4 Å². The summed E-state index contributed by atoms with van der Waals surface area (Å²) in [5, 5.41) is 2.89. The molecule has 2 N–H and O–H groups in total. The molecular weight excluding hydrogens is 460 g/mol. The summed E-state index contributed by atoms with van der Waals surface area (Å²) in [5.74, 6) is -0.477. The van der Waals surface area contributed by atoms with Crippen LogP contribution in [0.5, 0.6) is 0 Å². The minimum Gasteiger partial charge on any atom is -0.467 e. The maximum Gasteiger partial charge on any atom is 0.328 e. The van der Waals surface area contributed by atoms with Crippen molar-refractivity contribution in [1.82, 2.24) is 20.2 Å². The summed E-state index contributed by atoms with van der Waals surface area (Å²) in [4.78, 5) is 35.2. The smallest absolute Gasteiger partial charge is 0.328 e. The monoisotopic (exact) mass is 482 g/mol. The Labute approximate surface area is 189 Å². The van der Waals surface area contributed by atoms with Crippen molar-refractivity contribution in [3.05, 3.63) is 87.9 Å². The number of aromatic nitrogens is 2. The molecule has 7 nitrogen and oxygen atoms in total. The van der Waals surface area contributed by atoms with Gasteiger partial charge < -0.3 is 19.9 Å². The number of H-pyrrole nitrogens is 1. The Balaban J connectivity index is 1.60. The highest BCUT2D eigenvalue weighted by Gasteiger charge is 2.35. The predicted octanol–water partition coefficient (Wildman–Crippen LogP) is 3.61. The SMILES string of the molecule is COC(=O)[C@@H](Cc1ccccc1)NC(=O)N1CCc2[nH]cnc2[C@H]1c1ccc(Br)cc1. The number of esters is 1. The van der Waals surface area contributed by atoms with Crippen LogP contribution in [0.15, 0.2) is 65.4 Å². The highest BCUT2D eigenvalue weighted by atomic mass is 79.9. The third-order valence-corrected chi connectivity index (χ3v) is 5.97. The summed E-state index contributed by atoms with van der Waals surface area (Å²) in [5.41, 5.74) is 3.73. The maximum atomic E-state index is 13.4. The van der Waals surface area contributed by atoms with Crippen LogP contribution in [-0.4, -0.2) is 46.6 Å². The number of amides is 2. The van der Waals surface area contributed by atoms with Gasteiger partial charge in [0, 0.05) is 29.6 Å². The molecule has 2 atom stereocenters. The van der Waals surface area contributed by atoms with Crippen LogP contribution in [0.1, 0.15) is 28.6 Å². The summed E-state index contributed by atoms with van der Waals surface area (Å²) in [6.45, 7) is 0.501. The molecule has 2 amide bonds. The summed E-state index contributed by atoms with van der Waals surface area (Å²) in [6.07, 6.45) is 2.67. The number of urea groups is 1. The van der Waals surface area contributed by atoms with Crippen molar-refractivity contribution in [3.63, 3.8) is 0 Å². The molecule has 8 heteroatoms. The lowest BCUT2D eigenvalue weighted by atomic mass is 9.96. The highest BCUT2D eigenvalue weighted by molar-refractivity contribution is 9.10. The number of rotatable bonds is 5. The number of carbonyl (C=O) groups is 2. The lowest BCUT2D eigenvalue weighted by Gasteiger charge is -2.36. The second-order valence-electron chi connectivity index (χ2n) is 7.38. The molecule has 4 rings (SSSR count). The lowest BCUT2D eigenvalue weighted by Crippen LogP contribution is -2.52. The van der Waals surface area contributed by atoms with Crippen LogP contribution in [0.2, 0.25) is 0 Å². The van der Waals surface area contributed by atoms with Crippen molar-refractivity contribution in [3.8, 4) is 0 Å². The normalized spacial score (nSPS) is 16.3. The zero-order valence-corrected chi connectivity index (χ0v) is 18.6. The van der Waals surface area contributed by atoms with E-state index in [0.29, 0.717) is 19.4 Å². The van der Waals surface area contributed by atoms with Crippen molar-refractivity contribution in [1.29, 1.82) is 0 Å². The Bertz CT molecular complexity index is 1050. The van der Waals surface area contributed by atoms with E-state index in [4.69, 9.17) is 4.74 Å². The molecule has 0 fully saturated rings. The van der Waals surface area contributed by atoms with Crippen molar-refractivity contribution < 1.29 is 14.3 Å². The van der Waals surface area contributed by atoms with Gasteiger partial charge in [0.15, 0.2) is 0 Å². The van der Waals surface area contributed by atoms with E-state index >= 15 is 0 Å². The zero-order valence-electron chi connectivity index (χ0n) is 17.0. The molecule has 0 saturated heterocycles. The van der Waals surface area contributed by atoms with Crippen molar-refractivity contribution in [2.75, 3.05) is 13.7 Å². The molecule has 3 aromatic rings. The predicted molar refractivity (Wildman–Crippen MR) is 119 cm³/mol. The highest BCUT2D eigenvalue weighted by Crippen LogP contribution is 2.34. The first-order chi connectivity index (χ1) is 15.1. The Hall–Kier alpha value is -3.13.